The van der Waals surface area contributed by atoms with Crippen molar-refractivity contribution in [2.75, 3.05) is 55.5 Å². The highest BCUT2D eigenvalue weighted by atomic mass is 35.5. The molecule has 2 aliphatic rings. The van der Waals surface area contributed by atoms with Crippen molar-refractivity contribution in [3.8, 4) is 0 Å². The molecule has 4 rings (SSSR count). The van der Waals surface area contributed by atoms with Crippen LogP contribution in [0.25, 0.3) is 0 Å². The van der Waals surface area contributed by atoms with E-state index in [-0.39, 0.29) is 17.8 Å². The number of piperidine rings is 1. The number of benzene rings is 1. The molecule has 1 aromatic heterocycles. The van der Waals surface area contributed by atoms with Crippen LogP contribution in [0, 0.1) is 5.82 Å². The summed E-state index contributed by atoms with van der Waals surface area (Å²) in [6.07, 6.45) is 6.70. The third-order valence-corrected chi connectivity index (χ3v) is 8.98. The minimum Gasteiger partial charge on any atom is -0.369 e. The molecule has 2 aliphatic heterocycles. The average Bonchev–Trinajstić information content (AvgIpc) is 3.02. The number of halogens is 2. The van der Waals surface area contributed by atoms with Crippen molar-refractivity contribution in [1.29, 1.82) is 0 Å². The lowest BCUT2D eigenvalue weighted by atomic mass is 9.98. The summed E-state index contributed by atoms with van der Waals surface area (Å²) < 4.78 is 39.2. The maximum absolute atomic E-state index is 14.5. The van der Waals surface area contributed by atoms with Crippen molar-refractivity contribution in [3.63, 3.8) is 0 Å². The Labute approximate surface area is 218 Å². The molecule has 2 fully saturated rings. The number of nitrogens with zero attached hydrogens (tertiary/aromatic N) is 5. The molecule has 198 valence electrons. The van der Waals surface area contributed by atoms with Crippen LogP contribution in [-0.2, 0) is 10.0 Å². The Bertz CT molecular complexity index is 1170. The number of rotatable bonds is 10. The summed E-state index contributed by atoms with van der Waals surface area (Å²) in [7, 11) is 0.487. The molecule has 2 unspecified atom stereocenters. The van der Waals surface area contributed by atoms with Crippen molar-refractivity contribution >= 4 is 44.8 Å². The van der Waals surface area contributed by atoms with Crippen LogP contribution >= 0.6 is 11.6 Å². The number of sulfonamides is 1. The highest BCUT2D eigenvalue weighted by Crippen LogP contribution is 2.35. The normalized spacial score (nSPS) is 22.1. The molecule has 2 atom stereocenters. The Morgan fingerprint density at radius 1 is 1.22 bits per heavy atom. The van der Waals surface area contributed by atoms with E-state index < -0.39 is 15.8 Å². The zero-order valence-electron chi connectivity index (χ0n) is 21.2. The van der Waals surface area contributed by atoms with E-state index in [0.29, 0.717) is 42.4 Å². The number of hydrogen-bond acceptors (Lipinski definition) is 8. The van der Waals surface area contributed by atoms with Gasteiger partial charge in [-0.25, -0.2) is 22.1 Å². The number of aromatic nitrogens is 2. The summed E-state index contributed by atoms with van der Waals surface area (Å²) in [6.45, 7) is 3.50. The van der Waals surface area contributed by atoms with E-state index in [9.17, 15) is 12.8 Å². The van der Waals surface area contributed by atoms with Gasteiger partial charge in [0.2, 0.25) is 16.0 Å². The molecule has 2 N–H and O–H groups in total. The van der Waals surface area contributed by atoms with Gasteiger partial charge in [-0.2, -0.15) is 4.98 Å². The molecule has 12 heteroatoms. The molecule has 2 bridgehead atoms. The van der Waals surface area contributed by atoms with E-state index in [1.807, 2.05) is 24.0 Å². The van der Waals surface area contributed by atoms with Gasteiger partial charge in [-0.05, 0) is 57.9 Å². The molecule has 9 nitrogen and oxygen atoms in total. The molecule has 0 amide bonds. The Balaban J connectivity index is 1.42. The van der Waals surface area contributed by atoms with Crippen LogP contribution in [0.2, 0.25) is 5.02 Å². The lowest BCUT2D eigenvalue weighted by Gasteiger charge is -2.36. The van der Waals surface area contributed by atoms with Crippen LogP contribution < -0.4 is 15.5 Å². The van der Waals surface area contributed by atoms with E-state index in [2.05, 4.69) is 32.5 Å². The van der Waals surface area contributed by atoms with E-state index in [0.717, 1.165) is 18.5 Å². The van der Waals surface area contributed by atoms with E-state index in [4.69, 9.17) is 11.6 Å². The molecule has 0 radical (unpaired) electrons. The maximum Gasteiger partial charge on any atom is 0.229 e. The smallest absolute Gasteiger partial charge is 0.229 e. The second kappa shape index (κ2) is 11.0. The number of nitrogens with one attached hydrogen (secondary N) is 2. The molecule has 0 aliphatic carbocycles. The van der Waals surface area contributed by atoms with Crippen molar-refractivity contribution < 1.29 is 12.8 Å². The number of hydrogen-bond donors (Lipinski definition) is 2. The fourth-order valence-electron chi connectivity index (χ4n) is 5.10. The minimum absolute atomic E-state index is 0.187. The van der Waals surface area contributed by atoms with Crippen molar-refractivity contribution in [2.24, 2.45) is 0 Å². The summed E-state index contributed by atoms with van der Waals surface area (Å²) in [5.74, 6) is 0.00919. The van der Waals surface area contributed by atoms with Gasteiger partial charge in [0.25, 0.3) is 0 Å². The molecule has 36 heavy (non-hydrogen) atoms. The maximum atomic E-state index is 14.5. The molecule has 1 aromatic carbocycles. The van der Waals surface area contributed by atoms with Crippen molar-refractivity contribution in [1.82, 2.24) is 19.2 Å². The molecule has 2 aromatic rings. The monoisotopic (exact) mass is 539 g/mol. The van der Waals surface area contributed by atoms with Crippen LogP contribution in [0.3, 0.4) is 0 Å². The van der Waals surface area contributed by atoms with Gasteiger partial charge in [-0.1, -0.05) is 11.6 Å². The summed E-state index contributed by atoms with van der Waals surface area (Å²) in [5.41, 5.74) is 1.47. The number of fused-ring (bicyclic) bond motifs is 2. The summed E-state index contributed by atoms with van der Waals surface area (Å²) in [4.78, 5) is 12.9. The molecular formula is C24H35ClFN7O2S. The molecule has 3 heterocycles. The molecule has 0 spiro atoms. The van der Waals surface area contributed by atoms with E-state index in [1.54, 1.807) is 13.1 Å². The Hall–Kier alpha value is -2.21. The first kappa shape index (κ1) is 26.8. The third kappa shape index (κ3) is 6.19. The van der Waals surface area contributed by atoms with Crippen LogP contribution in [0.15, 0.2) is 24.4 Å². The fourth-order valence-corrected chi connectivity index (χ4v) is 5.81. The van der Waals surface area contributed by atoms with Gasteiger partial charge in [-0.3, -0.25) is 0 Å². The zero-order chi connectivity index (χ0) is 26.0. The SMILES string of the molecule is CCN(CCN(C)S(C)(=O)=O)c1ccc(Nc2ncc(F)c(NC3CC4CCC(C3)N4C)n2)cc1Cl. The molecule has 2 saturated heterocycles. The third-order valence-electron chi connectivity index (χ3n) is 7.36. The standard InChI is InChI=1S/C24H35ClFN7O2S/c1-5-33(11-10-31(2)36(4,34)35)22-9-6-16(14-20(22)25)29-24-27-15-21(26)23(30-24)28-17-12-18-7-8-19(13-17)32(18)3/h6,9,14-15,17-19H,5,7-8,10-13H2,1-4H3,(H2,27,28,29,30). The van der Waals surface area contributed by atoms with Crippen molar-refractivity contribution in [3.05, 3.63) is 35.2 Å². The first-order valence-corrected chi connectivity index (χ1v) is 14.5. The predicted molar refractivity (Wildman–Crippen MR) is 143 cm³/mol. The fraction of sp³-hybridized carbons (Fsp3) is 0.583. The van der Waals surface area contributed by atoms with Crippen LogP contribution in [-0.4, -0.2) is 85.7 Å². The van der Waals surface area contributed by atoms with Gasteiger partial charge in [-0.15, -0.1) is 0 Å². The Morgan fingerprint density at radius 2 is 1.92 bits per heavy atom. The summed E-state index contributed by atoms with van der Waals surface area (Å²) in [6, 6.07) is 6.74. The zero-order valence-corrected chi connectivity index (χ0v) is 22.8. The van der Waals surface area contributed by atoms with Gasteiger partial charge in [0.1, 0.15) is 0 Å². The summed E-state index contributed by atoms with van der Waals surface area (Å²) >= 11 is 6.57. The second-order valence-corrected chi connectivity index (χ2v) is 12.2. The van der Waals surface area contributed by atoms with E-state index >= 15 is 0 Å². The topological polar surface area (TPSA) is 93.7 Å². The lowest BCUT2D eigenvalue weighted by molar-refractivity contribution is 0.168. The first-order chi connectivity index (χ1) is 17.0. The largest absolute Gasteiger partial charge is 0.369 e. The molecule has 0 saturated carbocycles. The number of likely N-dealkylation sites (N-methyl/N-ethyl adjacent to an activating group) is 2. The van der Waals surface area contributed by atoms with Gasteiger partial charge >= 0.3 is 0 Å². The lowest BCUT2D eigenvalue weighted by Crippen LogP contribution is -2.44. The van der Waals surface area contributed by atoms with Crippen LogP contribution in [0.4, 0.5) is 27.5 Å². The van der Waals surface area contributed by atoms with Crippen LogP contribution in [0.5, 0.6) is 0 Å². The Kier molecular flexibility index (Phi) is 8.23. The number of anilines is 4. The van der Waals surface area contributed by atoms with Gasteiger partial charge in [0.05, 0.1) is 23.2 Å². The van der Waals surface area contributed by atoms with Gasteiger partial charge in [0.15, 0.2) is 11.6 Å². The van der Waals surface area contributed by atoms with Crippen LogP contribution in [0.1, 0.15) is 32.6 Å². The second-order valence-electron chi connectivity index (χ2n) is 9.71. The average molecular weight is 540 g/mol. The van der Waals surface area contributed by atoms with Gasteiger partial charge in [0, 0.05) is 50.5 Å². The van der Waals surface area contributed by atoms with Crippen molar-refractivity contribution in [2.45, 2.75) is 50.7 Å². The quantitative estimate of drug-likeness (QED) is 0.471. The van der Waals surface area contributed by atoms with E-state index in [1.165, 1.54) is 29.6 Å². The Morgan fingerprint density at radius 3 is 2.53 bits per heavy atom. The molecular weight excluding hydrogens is 505 g/mol. The minimum atomic E-state index is -3.25. The predicted octanol–water partition coefficient (Wildman–Crippen LogP) is 3.77. The highest BCUT2D eigenvalue weighted by molar-refractivity contribution is 7.88. The first-order valence-electron chi connectivity index (χ1n) is 12.3. The highest BCUT2D eigenvalue weighted by Gasteiger charge is 2.38. The summed E-state index contributed by atoms with van der Waals surface area (Å²) in [5, 5.41) is 6.92. The van der Waals surface area contributed by atoms with Gasteiger partial charge < -0.3 is 20.4 Å².